The highest BCUT2D eigenvalue weighted by atomic mass is 16.2. The van der Waals surface area contributed by atoms with Crippen LogP contribution in [-0.4, -0.2) is 32.8 Å². The molecule has 0 saturated carbocycles. The van der Waals surface area contributed by atoms with Gasteiger partial charge in [-0.25, -0.2) is 4.98 Å². The van der Waals surface area contributed by atoms with Crippen molar-refractivity contribution in [3.8, 4) is 16.9 Å². The number of imidazole rings is 1. The number of carbonyl (C=O) groups excluding carboxylic acids is 2. The third-order valence-electron chi connectivity index (χ3n) is 6.55. The van der Waals surface area contributed by atoms with Gasteiger partial charge in [-0.05, 0) is 43.2 Å². The zero-order valence-electron chi connectivity index (χ0n) is 22.0. The Morgan fingerprint density at radius 1 is 0.795 bits per heavy atom. The predicted molar refractivity (Wildman–Crippen MR) is 155 cm³/mol. The summed E-state index contributed by atoms with van der Waals surface area (Å²) in [5.41, 5.74) is 6.08. The van der Waals surface area contributed by atoms with Crippen LogP contribution < -0.4 is 5.32 Å². The predicted octanol–water partition coefficient (Wildman–Crippen LogP) is 6.44. The van der Waals surface area contributed by atoms with E-state index in [2.05, 4.69) is 5.32 Å². The number of amides is 2. The molecule has 194 valence electrons. The molecule has 6 nitrogen and oxygen atoms in total. The summed E-state index contributed by atoms with van der Waals surface area (Å²) in [6.45, 7) is 4.12. The SMILES string of the molecule is Cc1ccc(-n2cc(-c3ccccc3)nc2NC(=O)CN(Cc2ccccc2)C(=O)c2ccccc2C)cc1. The Morgan fingerprint density at radius 3 is 2.13 bits per heavy atom. The second kappa shape index (κ2) is 11.6. The number of rotatable bonds is 8. The maximum Gasteiger partial charge on any atom is 0.254 e. The van der Waals surface area contributed by atoms with Gasteiger partial charge in [-0.15, -0.1) is 0 Å². The topological polar surface area (TPSA) is 67.2 Å². The first-order valence-electron chi connectivity index (χ1n) is 12.9. The van der Waals surface area contributed by atoms with E-state index in [1.807, 2.05) is 128 Å². The van der Waals surface area contributed by atoms with Gasteiger partial charge in [0.25, 0.3) is 5.91 Å². The maximum absolute atomic E-state index is 13.6. The highest BCUT2D eigenvalue weighted by Gasteiger charge is 2.22. The van der Waals surface area contributed by atoms with Crippen LogP contribution in [0.5, 0.6) is 0 Å². The van der Waals surface area contributed by atoms with Crippen LogP contribution in [0.1, 0.15) is 27.0 Å². The fraction of sp³-hybridized carbons (Fsp3) is 0.121. The molecule has 5 aromatic rings. The zero-order valence-corrected chi connectivity index (χ0v) is 22.0. The van der Waals surface area contributed by atoms with Crippen LogP contribution in [-0.2, 0) is 11.3 Å². The molecule has 0 aliphatic rings. The van der Waals surface area contributed by atoms with E-state index in [1.165, 1.54) is 0 Å². The van der Waals surface area contributed by atoms with E-state index < -0.39 is 0 Å². The van der Waals surface area contributed by atoms with Gasteiger partial charge in [0.2, 0.25) is 11.9 Å². The molecule has 0 saturated heterocycles. The van der Waals surface area contributed by atoms with Gasteiger partial charge in [-0.1, -0.05) is 96.6 Å². The number of aryl methyl sites for hydroxylation is 2. The molecule has 6 heteroatoms. The van der Waals surface area contributed by atoms with Crippen molar-refractivity contribution in [1.29, 1.82) is 0 Å². The first kappa shape index (κ1) is 25.7. The summed E-state index contributed by atoms with van der Waals surface area (Å²) in [4.78, 5) is 33.4. The van der Waals surface area contributed by atoms with E-state index in [0.717, 1.165) is 33.6 Å². The van der Waals surface area contributed by atoms with E-state index >= 15 is 0 Å². The smallest absolute Gasteiger partial charge is 0.254 e. The lowest BCUT2D eigenvalue weighted by atomic mass is 10.1. The Kier molecular flexibility index (Phi) is 7.64. The molecule has 0 unspecified atom stereocenters. The van der Waals surface area contributed by atoms with Crippen molar-refractivity contribution in [2.45, 2.75) is 20.4 Å². The third kappa shape index (κ3) is 6.13. The lowest BCUT2D eigenvalue weighted by molar-refractivity contribution is -0.117. The summed E-state index contributed by atoms with van der Waals surface area (Å²) in [6, 6.07) is 35.0. The minimum Gasteiger partial charge on any atom is -0.325 e. The van der Waals surface area contributed by atoms with Gasteiger partial charge < -0.3 is 4.90 Å². The normalized spacial score (nSPS) is 10.7. The Labute approximate surface area is 228 Å². The van der Waals surface area contributed by atoms with E-state index in [-0.39, 0.29) is 18.4 Å². The summed E-state index contributed by atoms with van der Waals surface area (Å²) in [5.74, 6) is -0.129. The van der Waals surface area contributed by atoms with Gasteiger partial charge in [0.1, 0.15) is 6.54 Å². The first-order valence-corrected chi connectivity index (χ1v) is 12.9. The van der Waals surface area contributed by atoms with E-state index in [1.54, 1.807) is 11.0 Å². The number of nitrogens with one attached hydrogen (secondary N) is 1. The molecule has 5 rings (SSSR count). The standard InChI is InChI=1S/C33H30N4O2/c1-24-17-19-28(20-18-24)37-22-30(27-14-7-4-8-15-27)34-33(37)35-31(38)23-36(21-26-12-5-3-6-13-26)32(39)29-16-10-9-11-25(29)2/h3-20,22H,21,23H2,1-2H3,(H,34,35,38). The number of hydrogen-bond donors (Lipinski definition) is 1. The van der Waals surface area contributed by atoms with Crippen LogP contribution in [0.2, 0.25) is 0 Å². The van der Waals surface area contributed by atoms with Crippen LogP contribution in [0.4, 0.5) is 5.95 Å². The van der Waals surface area contributed by atoms with Crippen LogP contribution in [0.15, 0.2) is 115 Å². The average molecular weight is 515 g/mol. The summed E-state index contributed by atoms with van der Waals surface area (Å²) < 4.78 is 1.87. The van der Waals surface area contributed by atoms with Gasteiger partial charge in [0.05, 0.1) is 5.69 Å². The van der Waals surface area contributed by atoms with Crippen molar-refractivity contribution >= 4 is 17.8 Å². The lowest BCUT2D eigenvalue weighted by Crippen LogP contribution is -2.38. The number of nitrogens with zero attached hydrogens (tertiary/aromatic N) is 3. The fourth-order valence-electron chi connectivity index (χ4n) is 4.44. The molecule has 0 atom stereocenters. The largest absolute Gasteiger partial charge is 0.325 e. The van der Waals surface area contributed by atoms with Crippen LogP contribution >= 0.6 is 0 Å². The van der Waals surface area contributed by atoms with Crippen LogP contribution in [0.3, 0.4) is 0 Å². The molecule has 0 spiro atoms. The minimum atomic E-state index is -0.327. The maximum atomic E-state index is 13.6. The molecule has 1 aromatic heterocycles. The second-order valence-corrected chi connectivity index (χ2v) is 9.53. The Hall–Kier alpha value is -4.97. The van der Waals surface area contributed by atoms with Gasteiger partial charge >= 0.3 is 0 Å². The third-order valence-corrected chi connectivity index (χ3v) is 6.55. The molecule has 0 bridgehead atoms. The van der Waals surface area contributed by atoms with E-state index in [9.17, 15) is 9.59 Å². The molecule has 0 fully saturated rings. The molecular formula is C33H30N4O2. The van der Waals surface area contributed by atoms with Crippen LogP contribution in [0.25, 0.3) is 16.9 Å². The minimum absolute atomic E-state index is 0.122. The van der Waals surface area contributed by atoms with Gasteiger partial charge in [-0.2, -0.15) is 0 Å². The van der Waals surface area contributed by atoms with Gasteiger partial charge in [0, 0.05) is 29.6 Å². The molecule has 1 heterocycles. The first-order chi connectivity index (χ1) is 19.0. The van der Waals surface area contributed by atoms with Crippen molar-refractivity contribution in [3.63, 3.8) is 0 Å². The summed E-state index contributed by atoms with van der Waals surface area (Å²) in [7, 11) is 0. The van der Waals surface area contributed by atoms with Gasteiger partial charge in [-0.3, -0.25) is 19.5 Å². The Balaban J connectivity index is 1.44. The molecule has 39 heavy (non-hydrogen) atoms. The van der Waals surface area contributed by atoms with Crippen molar-refractivity contribution < 1.29 is 9.59 Å². The summed E-state index contributed by atoms with van der Waals surface area (Å²) in [6.07, 6.45) is 1.91. The molecule has 2 amide bonds. The highest BCUT2D eigenvalue weighted by molar-refractivity contribution is 5.99. The van der Waals surface area contributed by atoms with Crippen molar-refractivity contribution in [2.75, 3.05) is 11.9 Å². The van der Waals surface area contributed by atoms with Crippen molar-refractivity contribution in [3.05, 3.63) is 138 Å². The monoisotopic (exact) mass is 514 g/mol. The molecule has 0 aliphatic carbocycles. The van der Waals surface area contributed by atoms with E-state index in [4.69, 9.17) is 4.98 Å². The van der Waals surface area contributed by atoms with Gasteiger partial charge in [0.15, 0.2) is 0 Å². The quantitative estimate of drug-likeness (QED) is 0.259. The second-order valence-electron chi connectivity index (χ2n) is 9.53. The fourth-order valence-corrected chi connectivity index (χ4v) is 4.44. The molecule has 0 radical (unpaired) electrons. The number of anilines is 1. The molecule has 4 aromatic carbocycles. The summed E-state index contributed by atoms with van der Waals surface area (Å²) in [5, 5.41) is 2.97. The Bertz CT molecular complexity index is 1580. The average Bonchev–Trinajstić information content (AvgIpc) is 3.37. The van der Waals surface area contributed by atoms with Crippen molar-refractivity contribution in [1.82, 2.24) is 14.5 Å². The molecule has 1 N–H and O–H groups in total. The van der Waals surface area contributed by atoms with E-state index in [0.29, 0.717) is 18.1 Å². The lowest BCUT2D eigenvalue weighted by Gasteiger charge is -2.23. The molecule has 0 aliphatic heterocycles. The zero-order chi connectivity index (χ0) is 27.2. The number of aromatic nitrogens is 2. The number of hydrogen-bond acceptors (Lipinski definition) is 3. The number of benzene rings is 4. The Morgan fingerprint density at radius 2 is 1.44 bits per heavy atom. The summed E-state index contributed by atoms with van der Waals surface area (Å²) >= 11 is 0. The van der Waals surface area contributed by atoms with Crippen molar-refractivity contribution in [2.24, 2.45) is 0 Å². The highest BCUT2D eigenvalue weighted by Crippen LogP contribution is 2.25. The number of carbonyl (C=O) groups is 2. The van der Waals surface area contributed by atoms with Crippen LogP contribution in [0, 0.1) is 13.8 Å². The molecular weight excluding hydrogens is 484 g/mol.